The number of hydrogen-bond acceptors (Lipinski definition) is 2. The molecule has 0 radical (unpaired) electrons. The highest BCUT2D eigenvalue weighted by Gasteiger charge is 2.04. The minimum absolute atomic E-state index is 0.242. The van der Waals surface area contributed by atoms with Gasteiger partial charge in [0.15, 0.2) is 0 Å². The van der Waals surface area contributed by atoms with E-state index in [4.69, 9.17) is 0 Å². The molecule has 74 valence electrons. The lowest BCUT2D eigenvalue weighted by Crippen LogP contribution is -2.19. The molecule has 0 aliphatic carbocycles. The number of thiophene rings is 1. The van der Waals surface area contributed by atoms with Crippen molar-refractivity contribution in [3.8, 4) is 0 Å². The Morgan fingerprint density at radius 1 is 1.62 bits per heavy atom. The molecule has 1 aromatic heterocycles. The molecule has 0 aliphatic rings. The Bertz CT molecular complexity index is 256. The summed E-state index contributed by atoms with van der Waals surface area (Å²) >= 11 is 4.98. The molecule has 0 unspecified atom stereocenters. The van der Waals surface area contributed by atoms with E-state index in [2.05, 4.69) is 21.2 Å². The van der Waals surface area contributed by atoms with Crippen LogP contribution in [0.2, 0.25) is 0 Å². The maximum atomic E-state index is 11.8. The van der Waals surface area contributed by atoms with Crippen molar-refractivity contribution < 1.29 is 8.78 Å². The first-order chi connectivity index (χ1) is 6.09. The first-order valence-electron chi connectivity index (χ1n) is 3.83. The fourth-order valence-electron chi connectivity index (χ4n) is 0.909. The Balaban J connectivity index is 2.37. The third kappa shape index (κ3) is 3.70. The van der Waals surface area contributed by atoms with E-state index in [1.807, 2.05) is 13.0 Å². The molecule has 1 nitrogen and oxygen atoms in total. The average molecular weight is 270 g/mol. The lowest BCUT2D eigenvalue weighted by atomic mass is 10.4. The summed E-state index contributed by atoms with van der Waals surface area (Å²) in [5, 5.41) is 2.68. The van der Waals surface area contributed by atoms with Crippen LogP contribution >= 0.6 is 27.3 Å². The van der Waals surface area contributed by atoms with Crippen molar-refractivity contribution in [2.45, 2.75) is 19.9 Å². The number of hydrogen-bond donors (Lipinski definition) is 1. The molecule has 1 aromatic rings. The molecule has 13 heavy (non-hydrogen) atoms. The number of halogens is 3. The van der Waals surface area contributed by atoms with Gasteiger partial charge in [-0.25, -0.2) is 8.78 Å². The molecule has 5 heteroatoms. The van der Waals surface area contributed by atoms with E-state index in [0.717, 1.165) is 9.35 Å². The van der Waals surface area contributed by atoms with Crippen LogP contribution in [0.5, 0.6) is 0 Å². The van der Waals surface area contributed by atoms with Gasteiger partial charge >= 0.3 is 0 Å². The minimum atomic E-state index is -2.27. The monoisotopic (exact) mass is 269 g/mol. The van der Waals surface area contributed by atoms with Gasteiger partial charge in [0.25, 0.3) is 6.43 Å². The maximum absolute atomic E-state index is 11.8. The molecule has 1 N–H and O–H groups in total. The first kappa shape index (κ1) is 11.1. The highest BCUT2D eigenvalue weighted by atomic mass is 79.9. The van der Waals surface area contributed by atoms with E-state index >= 15 is 0 Å². The molecular formula is C8H10BrF2NS. The largest absolute Gasteiger partial charge is 0.306 e. The van der Waals surface area contributed by atoms with Crippen LogP contribution in [0.4, 0.5) is 8.78 Å². The third-order valence-electron chi connectivity index (χ3n) is 1.51. The smallest absolute Gasteiger partial charge is 0.250 e. The van der Waals surface area contributed by atoms with Crippen molar-refractivity contribution in [3.63, 3.8) is 0 Å². The van der Waals surface area contributed by atoms with Crippen LogP contribution in [0.3, 0.4) is 0 Å². The van der Waals surface area contributed by atoms with Gasteiger partial charge in [0.2, 0.25) is 0 Å². The van der Waals surface area contributed by atoms with Gasteiger partial charge in [-0.3, -0.25) is 0 Å². The van der Waals surface area contributed by atoms with Crippen LogP contribution in [0.15, 0.2) is 10.5 Å². The Morgan fingerprint density at radius 2 is 2.31 bits per heavy atom. The predicted octanol–water partition coefficient (Wildman–Crippen LogP) is 3.17. The molecule has 0 atom stereocenters. The van der Waals surface area contributed by atoms with Crippen molar-refractivity contribution in [1.82, 2.24) is 5.32 Å². The van der Waals surface area contributed by atoms with Gasteiger partial charge in [0, 0.05) is 20.8 Å². The molecule has 0 amide bonds. The van der Waals surface area contributed by atoms with Crippen molar-refractivity contribution >= 4 is 27.3 Å². The molecule has 0 aromatic carbocycles. The predicted molar refractivity (Wildman–Crippen MR) is 54.5 cm³/mol. The summed E-state index contributed by atoms with van der Waals surface area (Å²) < 4.78 is 24.6. The number of rotatable bonds is 4. The SMILES string of the molecule is Cc1sc(CNCC(F)F)cc1Br. The highest BCUT2D eigenvalue weighted by molar-refractivity contribution is 9.10. The Hall–Kier alpha value is -0.0000000000000000555. The van der Waals surface area contributed by atoms with Crippen LogP contribution in [0.1, 0.15) is 9.75 Å². The van der Waals surface area contributed by atoms with E-state index in [1.54, 1.807) is 11.3 Å². The minimum Gasteiger partial charge on any atom is -0.306 e. The zero-order valence-electron chi connectivity index (χ0n) is 7.11. The number of aryl methyl sites for hydroxylation is 1. The summed E-state index contributed by atoms with van der Waals surface area (Å²) in [6.07, 6.45) is -2.27. The topological polar surface area (TPSA) is 12.0 Å². The lowest BCUT2D eigenvalue weighted by Gasteiger charge is -2.00. The molecule has 1 rings (SSSR count). The maximum Gasteiger partial charge on any atom is 0.250 e. The summed E-state index contributed by atoms with van der Waals surface area (Å²) in [6, 6.07) is 1.96. The fourth-order valence-corrected chi connectivity index (χ4v) is 2.48. The zero-order chi connectivity index (χ0) is 9.84. The second-order valence-corrected chi connectivity index (χ2v) is 4.83. The summed E-state index contributed by atoms with van der Waals surface area (Å²) in [7, 11) is 0. The van der Waals surface area contributed by atoms with Gasteiger partial charge in [0.05, 0.1) is 6.54 Å². The first-order valence-corrected chi connectivity index (χ1v) is 5.44. The van der Waals surface area contributed by atoms with Gasteiger partial charge in [-0.1, -0.05) is 0 Å². The second kappa shape index (κ2) is 5.02. The normalized spacial score (nSPS) is 11.2. The Morgan fingerprint density at radius 3 is 2.77 bits per heavy atom. The summed E-state index contributed by atoms with van der Waals surface area (Å²) in [6.45, 7) is 2.27. The Labute approximate surface area is 88.3 Å². The van der Waals surface area contributed by atoms with Crippen molar-refractivity contribution in [2.75, 3.05) is 6.54 Å². The molecule has 0 aliphatic heterocycles. The summed E-state index contributed by atoms with van der Waals surface area (Å²) in [5.41, 5.74) is 0. The second-order valence-electron chi connectivity index (χ2n) is 2.64. The number of alkyl halides is 2. The van der Waals surface area contributed by atoms with E-state index in [-0.39, 0.29) is 6.54 Å². The molecular weight excluding hydrogens is 260 g/mol. The van der Waals surface area contributed by atoms with Crippen molar-refractivity contribution in [2.24, 2.45) is 0 Å². The number of nitrogens with one attached hydrogen (secondary N) is 1. The van der Waals surface area contributed by atoms with E-state index in [9.17, 15) is 8.78 Å². The van der Waals surface area contributed by atoms with E-state index in [0.29, 0.717) is 6.54 Å². The molecule has 0 spiro atoms. The van der Waals surface area contributed by atoms with Crippen molar-refractivity contribution in [3.05, 3.63) is 20.3 Å². The van der Waals surface area contributed by atoms with Crippen LogP contribution in [-0.2, 0) is 6.54 Å². The van der Waals surface area contributed by atoms with E-state index < -0.39 is 6.43 Å². The molecule has 1 heterocycles. The van der Waals surface area contributed by atoms with Gasteiger partial charge in [0.1, 0.15) is 0 Å². The van der Waals surface area contributed by atoms with Gasteiger partial charge < -0.3 is 5.32 Å². The van der Waals surface area contributed by atoms with Crippen LogP contribution in [0.25, 0.3) is 0 Å². The third-order valence-corrected chi connectivity index (χ3v) is 3.64. The fraction of sp³-hybridized carbons (Fsp3) is 0.500. The van der Waals surface area contributed by atoms with Gasteiger partial charge in [-0.2, -0.15) is 0 Å². The van der Waals surface area contributed by atoms with Gasteiger partial charge in [-0.15, -0.1) is 11.3 Å². The van der Waals surface area contributed by atoms with Crippen LogP contribution in [-0.4, -0.2) is 13.0 Å². The molecule has 0 bridgehead atoms. The van der Waals surface area contributed by atoms with Crippen LogP contribution in [0, 0.1) is 6.92 Å². The highest BCUT2D eigenvalue weighted by Crippen LogP contribution is 2.25. The Kier molecular flexibility index (Phi) is 4.28. The average Bonchev–Trinajstić information content (AvgIpc) is 2.30. The summed E-state index contributed by atoms with van der Waals surface area (Å²) in [5.74, 6) is 0. The molecule has 0 saturated carbocycles. The van der Waals surface area contributed by atoms with Gasteiger partial charge in [-0.05, 0) is 28.9 Å². The standard InChI is InChI=1S/C8H10BrF2NS/c1-5-7(9)2-6(13-5)3-12-4-8(10)11/h2,8,12H,3-4H2,1H3. The summed E-state index contributed by atoms with van der Waals surface area (Å²) in [4.78, 5) is 2.25. The van der Waals surface area contributed by atoms with Crippen molar-refractivity contribution in [1.29, 1.82) is 0 Å². The zero-order valence-corrected chi connectivity index (χ0v) is 9.51. The van der Waals surface area contributed by atoms with E-state index in [1.165, 1.54) is 4.88 Å². The quantitative estimate of drug-likeness (QED) is 0.886. The molecule has 0 fully saturated rings. The molecule has 0 saturated heterocycles. The van der Waals surface area contributed by atoms with Crippen LogP contribution < -0.4 is 5.32 Å². The lowest BCUT2D eigenvalue weighted by molar-refractivity contribution is 0.145.